The molecule has 0 aromatic heterocycles. The molecule has 0 aliphatic carbocycles. The minimum absolute atomic E-state index is 0.0750. The zero-order valence-corrected chi connectivity index (χ0v) is 7.12. The third kappa shape index (κ3) is 3.96. The van der Waals surface area contributed by atoms with Crippen molar-refractivity contribution in [2.45, 2.75) is 25.9 Å². The van der Waals surface area contributed by atoms with Crippen molar-refractivity contribution >= 4 is 0 Å². The number of rotatable bonds is 6. The predicted octanol–water partition coefficient (Wildman–Crippen LogP) is 2.03. The Labute approximate surface area is 68.7 Å². The first-order valence-corrected chi connectivity index (χ1v) is 3.83. The van der Waals surface area contributed by atoms with Crippen LogP contribution in [-0.4, -0.2) is 6.10 Å². The summed E-state index contributed by atoms with van der Waals surface area (Å²) in [7, 11) is 0. The van der Waals surface area contributed by atoms with Gasteiger partial charge >= 0.3 is 0 Å². The fraction of sp³-hybridized carbons (Fsp3) is 0.556. The molecule has 0 aromatic rings. The second-order valence-corrected chi connectivity index (χ2v) is 2.65. The van der Waals surface area contributed by atoms with Gasteiger partial charge < -0.3 is 4.84 Å². The van der Waals surface area contributed by atoms with Gasteiger partial charge in [-0.25, -0.2) is 5.90 Å². The normalized spacial score (nSPS) is 13.0. The quantitative estimate of drug-likeness (QED) is 0.470. The van der Waals surface area contributed by atoms with Gasteiger partial charge in [0.2, 0.25) is 0 Å². The van der Waals surface area contributed by atoms with Crippen molar-refractivity contribution < 1.29 is 4.84 Å². The fourth-order valence-electron chi connectivity index (χ4n) is 1.02. The van der Waals surface area contributed by atoms with E-state index in [1.807, 2.05) is 19.1 Å². The highest BCUT2D eigenvalue weighted by Crippen LogP contribution is 2.15. The Morgan fingerprint density at radius 3 is 2.09 bits per heavy atom. The summed E-state index contributed by atoms with van der Waals surface area (Å²) in [6.45, 7) is 9.29. The highest BCUT2D eigenvalue weighted by molar-refractivity contribution is 4.82. The van der Waals surface area contributed by atoms with Gasteiger partial charge in [-0.3, -0.25) is 0 Å². The smallest absolute Gasteiger partial charge is 0.0793 e. The summed E-state index contributed by atoms with van der Waals surface area (Å²) < 4.78 is 0. The molecule has 2 N–H and O–H groups in total. The lowest BCUT2D eigenvalue weighted by atomic mass is 9.96. The van der Waals surface area contributed by atoms with E-state index in [0.29, 0.717) is 5.92 Å². The lowest BCUT2D eigenvalue weighted by molar-refractivity contribution is 0.0258. The molecular formula is C9H17NO. The summed E-state index contributed by atoms with van der Waals surface area (Å²) in [5.41, 5.74) is 0. The maximum atomic E-state index is 5.06. The molecule has 1 unspecified atom stereocenters. The molecule has 0 aliphatic heterocycles. The molecule has 0 amide bonds. The molecule has 64 valence electrons. The first kappa shape index (κ1) is 10.4. The van der Waals surface area contributed by atoms with Crippen LogP contribution in [0, 0.1) is 5.92 Å². The van der Waals surface area contributed by atoms with Crippen LogP contribution in [0.1, 0.15) is 19.8 Å². The molecule has 0 saturated heterocycles. The van der Waals surface area contributed by atoms with Crippen LogP contribution < -0.4 is 5.90 Å². The monoisotopic (exact) mass is 155 g/mol. The van der Waals surface area contributed by atoms with Gasteiger partial charge in [0, 0.05) is 0 Å². The van der Waals surface area contributed by atoms with E-state index in [2.05, 4.69) is 13.2 Å². The van der Waals surface area contributed by atoms with Gasteiger partial charge in [0.15, 0.2) is 0 Å². The third-order valence-corrected chi connectivity index (χ3v) is 1.82. The summed E-state index contributed by atoms with van der Waals surface area (Å²) in [6.07, 6.45) is 5.67. The van der Waals surface area contributed by atoms with Gasteiger partial charge in [-0.1, -0.05) is 12.2 Å². The predicted molar refractivity (Wildman–Crippen MR) is 47.9 cm³/mol. The molecule has 0 rings (SSSR count). The van der Waals surface area contributed by atoms with Gasteiger partial charge in [-0.2, -0.15) is 0 Å². The second kappa shape index (κ2) is 6.13. The van der Waals surface area contributed by atoms with E-state index in [1.54, 1.807) is 0 Å². The van der Waals surface area contributed by atoms with Crippen molar-refractivity contribution in [2.75, 3.05) is 0 Å². The Morgan fingerprint density at radius 1 is 1.36 bits per heavy atom. The van der Waals surface area contributed by atoms with Crippen LogP contribution in [-0.2, 0) is 4.84 Å². The fourth-order valence-corrected chi connectivity index (χ4v) is 1.02. The molecule has 2 heteroatoms. The third-order valence-electron chi connectivity index (χ3n) is 1.82. The van der Waals surface area contributed by atoms with Crippen LogP contribution in [0.3, 0.4) is 0 Å². The Morgan fingerprint density at radius 2 is 1.82 bits per heavy atom. The van der Waals surface area contributed by atoms with Gasteiger partial charge in [0.25, 0.3) is 0 Å². The van der Waals surface area contributed by atoms with Crippen LogP contribution in [0.15, 0.2) is 25.3 Å². The summed E-state index contributed by atoms with van der Waals surface area (Å²) in [6, 6.07) is 0. The maximum Gasteiger partial charge on any atom is 0.0793 e. The molecule has 0 saturated carbocycles. The average molecular weight is 155 g/mol. The Balaban J connectivity index is 3.84. The molecule has 0 bridgehead atoms. The van der Waals surface area contributed by atoms with E-state index in [1.165, 1.54) is 0 Å². The van der Waals surface area contributed by atoms with Crippen molar-refractivity contribution in [1.29, 1.82) is 0 Å². The Hall–Kier alpha value is -0.600. The number of hydrogen-bond acceptors (Lipinski definition) is 2. The van der Waals surface area contributed by atoms with Crippen molar-refractivity contribution in [3.8, 4) is 0 Å². The van der Waals surface area contributed by atoms with E-state index in [0.717, 1.165) is 12.8 Å². The average Bonchev–Trinajstić information content (AvgIpc) is 2.03. The van der Waals surface area contributed by atoms with Crippen LogP contribution in [0.5, 0.6) is 0 Å². The van der Waals surface area contributed by atoms with Crippen molar-refractivity contribution in [2.24, 2.45) is 11.8 Å². The first-order chi connectivity index (χ1) is 5.26. The van der Waals surface area contributed by atoms with E-state index in [-0.39, 0.29) is 6.10 Å². The van der Waals surface area contributed by atoms with Crippen LogP contribution in [0.2, 0.25) is 0 Å². The molecule has 0 fully saturated rings. The second-order valence-electron chi connectivity index (χ2n) is 2.65. The molecule has 0 spiro atoms. The summed E-state index contributed by atoms with van der Waals surface area (Å²) in [5, 5.41) is 0. The minimum Gasteiger partial charge on any atom is -0.301 e. The van der Waals surface area contributed by atoms with Crippen LogP contribution in [0.25, 0.3) is 0 Å². The van der Waals surface area contributed by atoms with Gasteiger partial charge in [-0.05, 0) is 25.7 Å². The molecule has 11 heavy (non-hydrogen) atoms. The molecule has 1 atom stereocenters. The number of nitrogens with two attached hydrogens (primary N) is 1. The summed E-state index contributed by atoms with van der Waals surface area (Å²) in [5.74, 6) is 5.48. The number of allylic oxidation sites excluding steroid dienone is 2. The molecule has 2 nitrogen and oxygen atoms in total. The van der Waals surface area contributed by atoms with E-state index in [9.17, 15) is 0 Å². The molecule has 0 aromatic carbocycles. The zero-order chi connectivity index (χ0) is 8.69. The first-order valence-electron chi connectivity index (χ1n) is 3.83. The zero-order valence-electron chi connectivity index (χ0n) is 7.12. The lowest BCUT2D eigenvalue weighted by Crippen LogP contribution is -2.23. The van der Waals surface area contributed by atoms with E-state index in [4.69, 9.17) is 10.7 Å². The maximum absolute atomic E-state index is 5.06. The van der Waals surface area contributed by atoms with Crippen LogP contribution >= 0.6 is 0 Å². The minimum atomic E-state index is 0.0750. The van der Waals surface area contributed by atoms with Crippen molar-refractivity contribution in [3.63, 3.8) is 0 Å². The summed E-state index contributed by atoms with van der Waals surface area (Å²) >= 11 is 0. The summed E-state index contributed by atoms with van der Waals surface area (Å²) in [4.78, 5) is 4.72. The van der Waals surface area contributed by atoms with Crippen LogP contribution in [0.4, 0.5) is 0 Å². The highest BCUT2D eigenvalue weighted by atomic mass is 16.6. The molecule has 0 heterocycles. The van der Waals surface area contributed by atoms with Gasteiger partial charge in [0.1, 0.15) is 0 Å². The highest BCUT2D eigenvalue weighted by Gasteiger charge is 2.13. The largest absolute Gasteiger partial charge is 0.301 e. The van der Waals surface area contributed by atoms with Crippen molar-refractivity contribution in [3.05, 3.63) is 25.3 Å². The Kier molecular flexibility index (Phi) is 5.80. The number of hydrogen-bond donors (Lipinski definition) is 1. The van der Waals surface area contributed by atoms with Crippen molar-refractivity contribution in [1.82, 2.24) is 0 Å². The van der Waals surface area contributed by atoms with Gasteiger partial charge in [-0.15, -0.1) is 13.2 Å². The van der Waals surface area contributed by atoms with E-state index < -0.39 is 0 Å². The molecule has 0 radical (unpaired) electrons. The van der Waals surface area contributed by atoms with Gasteiger partial charge in [0.05, 0.1) is 6.10 Å². The SMILES string of the molecule is C=CCC(CC=C)C(C)ON. The Bertz CT molecular complexity index is 113. The standard InChI is InChI=1S/C9H17NO/c1-4-6-9(7-5-2)8(3)11-10/h4-5,8-9H,1-2,6-7,10H2,3H3. The molecule has 0 aliphatic rings. The van der Waals surface area contributed by atoms with E-state index >= 15 is 0 Å². The lowest BCUT2D eigenvalue weighted by Gasteiger charge is -2.18. The topological polar surface area (TPSA) is 35.2 Å². The molecular weight excluding hydrogens is 138 g/mol.